The van der Waals surface area contributed by atoms with E-state index in [9.17, 15) is 4.79 Å². The summed E-state index contributed by atoms with van der Waals surface area (Å²) in [4.78, 5) is 22.2. The molecule has 4 nitrogen and oxygen atoms in total. The highest BCUT2D eigenvalue weighted by Gasteiger charge is 2.25. The SMILES string of the molecule is O=C(c1cccc2[nH]cc(-c3cccs3)c12)N1CCN(c2ccsc2)CC1. The molecule has 136 valence electrons. The van der Waals surface area contributed by atoms with Crippen LogP contribution in [0.1, 0.15) is 10.4 Å². The number of nitrogens with zero attached hydrogens (tertiary/aromatic N) is 2. The lowest BCUT2D eigenvalue weighted by atomic mass is 10.0. The Hall–Kier alpha value is -2.57. The minimum atomic E-state index is 0.128. The Labute approximate surface area is 165 Å². The van der Waals surface area contributed by atoms with Gasteiger partial charge in [-0.3, -0.25) is 4.79 Å². The van der Waals surface area contributed by atoms with Crippen LogP contribution in [0.3, 0.4) is 0 Å². The summed E-state index contributed by atoms with van der Waals surface area (Å²) in [6.45, 7) is 3.26. The molecule has 1 saturated heterocycles. The van der Waals surface area contributed by atoms with Crippen LogP contribution in [-0.2, 0) is 0 Å². The van der Waals surface area contributed by atoms with E-state index in [2.05, 4.69) is 38.2 Å². The molecule has 0 bridgehead atoms. The summed E-state index contributed by atoms with van der Waals surface area (Å²) in [7, 11) is 0. The minimum Gasteiger partial charge on any atom is -0.367 e. The highest BCUT2D eigenvalue weighted by Crippen LogP contribution is 2.34. The number of hydrogen-bond acceptors (Lipinski definition) is 4. The van der Waals surface area contributed by atoms with E-state index in [1.54, 1.807) is 22.7 Å². The number of carbonyl (C=O) groups excluding carboxylic acids is 1. The van der Waals surface area contributed by atoms with Crippen LogP contribution in [-0.4, -0.2) is 42.0 Å². The number of aromatic nitrogens is 1. The first-order valence-corrected chi connectivity index (χ1v) is 10.8. The number of fused-ring (bicyclic) bond motifs is 1. The monoisotopic (exact) mass is 393 g/mol. The normalized spacial score (nSPS) is 14.8. The van der Waals surface area contributed by atoms with Crippen LogP contribution in [0.5, 0.6) is 0 Å². The van der Waals surface area contributed by atoms with Crippen molar-refractivity contribution < 1.29 is 4.79 Å². The van der Waals surface area contributed by atoms with Crippen molar-refractivity contribution in [1.29, 1.82) is 0 Å². The molecule has 3 aromatic heterocycles. The van der Waals surface area contributed by atoms with Gasteiger partial charge in [0.05, 0.1) is 0 Å². The predicted molar refractivity (Wildman–Crippen MR) is 114 cm³/mol. The number of anilines is 1. The van der Waals surface area contributed by atoms with Crippen molar-refractivity contribution in [2.45, 2.75) is 0 Å². The number of rotatable bonds is 3. The third-order valence-electron chi connectivity index (χ3n) is 5.16. The van der Waals surface area contributed by atoms with Crippen molar-refractivity contribution in [3.05, 3.63) is 64.3 Å². The first-order valence-electron chi connectivity index (χ1n) is 9.01. The molecule has 0 aliphatic carbocycles. The van der Waals surface area contributed by atoms with Crippen molar-refractivity contribution in [1.82, 2.24) is 9.88 Å². The molecule has 1 aliphatic heterocycles. The Morgan fingerprint density at radius 3 is 2.63 bits per heavy atom. The summed E-state index contributed by atoms with van der Waals surface area (Å²) in [5.41, 5.74) is 4.18. The van der Waals surface area contributed by atoms with Crippen LogP contribution in [0.25, 0.3) is 21.3 Å². The molecule has 0 unspecified atom stereocenters. The van der Waals surface area contributed by atoms with Gasteiger partial charge in [0.15, 0.2) is 0 Å². The quantitative estimate of drug-likeness (QED) is 0.537. The molecule has 27 heavy (non-hydrogen) atoms. The summed E-state index contributed by atoms with van der Waals surface area (Å²) < 4.78 is 0. The van der Waals surface area contributed by atoms with Crippen molar-refractivity contribution in [3.63, 3.8) is 0 Å². The Balaban J connectivity index is 1.44. The molecular formula is C21H19N3OS2. The van der Waals surface area contributed by atoms with Gasteiger partial charge in [0.1, 0.15) is 0 Å². The van der Waals surface area contributed by atoms with E-state index in [-0.39, 0.29) is 5.91 Å². The average Bonchev–Trinajstić information content (AvgIpc) is 3.48. The number of carbonyl (C=O) groups is 1. The predicted octanol–water partition coefficient (Wildman–Crippen LogP) is 4.92. The fourth-order valence-corrected chi connectivity index (χ4v) is 5.18. The molecule has 0 radical (unpaired) electrons. The van der Waals surface area contributed by atoms with Gasteiger partial charge in [-0.15, -0.1) is 11.3 Å². The molecule has 1 fully saturated rings. The smallest absolute Gasteiger partial charge is 0.254 e. The van der Waals surface area contributed by atoms with E-state index in [0.29, 0.717) is 0 Å². The molecule has 0 spiro atoms. The maximum atomic E-state index is 13.3. The highest BCUT2D eigenvalue weighted by atomic mass is 32.1. The number of nitrogens with one attached hydrogen (secondary N) is 1. The summed E-state index contributed by atoms with van der Waals surface area (Å²) in [6, 6.07) is 12.3. The second-order valence-corrected chi connectivity index (χ2v) is 8.40. The van der Waals surface area contributed by atoms with Crippen molar-refractivity contribution in [2.75, 3.05) is 31.1 Å². The van der Waals surface area contributed by atoms with Crippen molar-refractivity contribution in [2.24, 2.45) is 0 Å². The number of benzene rings is 1. The van der Waals surface area contributed by atoms with E-state index in [1.165, 1.54) is 10.6 Å². The molecule has 1 aliphatic rings. The maximum Gasteiger partial charge on any atom is 0.254 e. The summed E-state index contributed by atoms with van der Waals surface area (Å²) in [5, 5.41) is 7.38. The Morgan fingerprint density at radius 2 is 1.89 bits per heavy atom. The van der Waals surface area contributed by atoms with Gasteiger partial charge in [-0.1, -0.05) is 12.1 Å². The lowest BCUT2D eigenvalue weighted by molar-refractivity contribution is 0.0749. The zero-order valence-electron chi connectivity index (χ0n) is 14.7. The second kappa shape index (κ2) is 6.87. The van der Waals surface area contributed by atoms with E-state index in [1.807, 2.05) is 35.4 Å². The van der Waals surface area contributed by atoms with Crippen LogP contribution in [0.15, 0.2) is 58.7 Å². The van der Waals surface area contributed by atoms with Crippen molar-refractivity contribution in [3.8, 4) is 10.4 Å². The maximum absolute atomic E-state index is 13.3. The average molecular weight is 394 g/mol. The van der Waals surface area contributed by atoms with Crippen LogP contribution in [0, 0.1) is 0 Å². The standard InChI is InChI=1S/C21H19N3OS2/c25-21(24-9-7-23(8-10-24)15-6-12-26-14-15)16-3-1-4-18-20(16)17(13-22-18)19-5-2-11-27-19/h1-6,11-14,22H,7-10H2. The number of H-pyrrole nitrogens is 1. The Bertz CT molecular complexity index is 1060. The molecule has 6 heteroatoms. The minimum absolute atomic E-state index is 0.128. The van der Waals surface area contributed by atoms with E-state index in [4.69, 9.17) is 0 Å². The number of hydrogen-bond donors (Lipinski definition) is 1. The molecule has 4 aromatic rings. The highest BCUT2D eigenvalue weighted by molar-refractivity contribution is 7.13. The molecule has 0 atom stereocenters. The lowest BCUT2D eigenvalue weighted by Gasteiger charge is -2.35. The number of amides is 1. The van der Waals surface area contributed by atoms with E-state index < -0.39 is 0 Å². The molecular weight excluding hydrogens is 374 g/mol. The van der Waals surface area contributed by atoms with Gasteiger partial charge in [0.25, 0.3) is 5.91 Å². The van der Waals surface area contributed by atoms with Crippen LogP contribution in [0.4, 0.5) is 5.69 Å². The largest absolute Gasteiger partial charge is 0.367 e. The van der Waals surface area contributed by atoms with Gasteiger partial charge in [-0.2, -0.15) is 11.3 Å². The molecule has 1 amide bonds. The van der Waals surface area contributed by atoms with Gasteiger partial charge in [0, 0.05) is 70.4 Å². The van der Waals surface area contributed by atoms with Crippen molar-refractivity contribution >= 4 is 45.2 Å². The first-order chi connectivity index (χ1) is 13.3. The fourth-order valence-electron chi connectivity index (χ4n) is 3.76. The molecule has 1 N–H and O–H groups in total. The van der Waals surface area contributed by atoms with E-state index in [0.717, 1.165) is 48.2 Å². The van der Waals surface area contributed by atoms with Crippen LogP contribution >= 0.6 is 22.7 Å². The fraction of sp³-hybridized carbons (Fsp3) is 0.190. The third-order valence-corrected chi connectivity index (χ3v) is 6.73. The van der Waals surface area contributed by atoms with Gasteiger partial charge in [0.2, 0.25) is 0 Å². The van der Waals surface area contributed by atoms with Crippen LogP contribution < -0.4 is 4.90 Å². The number of piperazine rings is 1. The third kappa shape index (κ3) is 2.95. The molecule has 4 heterocycles. The molecule has 0 saturated carbocycles. The Kier molecular flexibility index (Phi) is 4.22. The van der Waals surface area contributed by atoms with Crippen LogP contribution in [0.2, 0.25) is 0 Å². The topological polar surface area (TPSA) is 39.3 Å². The van der Waals surface area contributed by atoms with Gasteiger partial charge in [-0.25, -0.2) is 0 Å². The number of aromatic amines is 1. The molecule has 5 rings (SSSR count). The second-order valence-electron chi connectivity index (χ2n) is 6.67. The zero-order valence-corrected chi connectivity index (χ0v) is 16.4. The molecule has 1 aromatic carbocycles. The summed E-state index contributed by atoms with van der Waals surface area (Å²) in [5.74, 6) is 0.128. The lowest BCUT2D eigenvalue weighted by Crippen LogP contribution is -2.48. The Morgan fingerprint density at radius 1 is 1.00 bits per heavy atom. The van der Waals surface area contributed by atoms with Gasteiger partial charge in [-0.05, 0) is 35.0 Å². The zero-order chi connectivity index (χ0) is 18.2. The van der Waals surface area contributed by atoms with E-state index >= 15 is 0 Å². The first kappa shape index (κ1) is 16.6. The summed E-state index contributed by atoms with van der Waals surface area (Å²) >= 11 is 3.41. The summed E-state index contributed by atoms with van der Waals surface area (Å²) in [6.07, 6.45) is 2.02. The van der Waals surface area contributed by atoms with Gasteiger partial charge < -0.3 is 14.8 Å². The van der Waals surface area contributed by atoms with Gasteiger partial charge >= 0.3 is 0 Å². The number of thiophene rings is 2.